The quantitative estimate of drug-likeness (QED) is 0.813. The van der Waals surface area contributed by atoms with E-state index in [0.29, 0.717) is 10.9 Å². The van der Waals surface area contributed by atoms with Gasteiger partial charge in [0.2, 0.25) is 0 Å². The summed E-state index contributed by atoms with van der Waals surface area (Å²) in [6.07, 6.45) is 3.28. The van der Waals surface area contributed by atoms with Crippen molar-refractivity contribution in [3.05, 3.63) is 10.6 Å². The molecule has 100 valence electrons. The fourth-order valence-corrected chi connectivity index (χ4v) is 2.99. The number of hydrogen-bond acceptors (Lipinski definition) is 5. The van der Waals surface area contributed by atoms with E-state index in [9.17, 15) is 4.79 Å². The number of hydrogen-bond donors (Lipinski definition) is 0. The highest BCUT2D eigenvalue weighted by Gasteiger charge is 2.24. The number of aromatic nitrogens is 2. The molecule has 0 N–H and O–H groups in total. The van der Waals surface area contributed by atoms with Crippen molar-refractivity contribution in [3.8, 4) is 0 Å². The van der Waals surface area contributed by atoms with Crippen molar-refractivity contribution in [1.29, 1.82) is 0 Å². The zero-order valence-corrected chi connectivity index (χ0v) is 12.0. The summed E-state index contributed by atoms with van der Waals surface area (Å²) in [7, 11) is 4.22. The lowest BCUT2D eigenvalue weighted by Crippen LogP contribution is -2.33. The first-order valence-electron chi connectivity index (χ1n) is 6.34. The van der Waals surface area contributed by atoms with Crippen LogP contribution in [0.3, 0.4) is 0 Å². The van der Waals surface area contributed by atoms with E-state index in [1.807, 2.05) is 11.8 Å². The highest BCUT2D eigenvalue weighted by Crippen LogP contribution is 2.19. The Bertz CT molecular complexity index is 418. The van der Waals surface area contributed by atoms with Gasteiger partial charge in [0.05, 0.1) is 5.69 Å². The van der Waals surface area contributed by atoms with Crippen LogP contribution in [0, 0.1) is 6.92 Å². The Morgan fingerprint density at radius 2 is 2.17 bits per heavy atom. The van der Waals surface area contributed by atoms with E-state index in [4.69, 9.17) is 0 Å². The minimum atomic E-state index is 0.0990. The van der Waals surface area contributed by atoms with E-state index < -0.39 is 0 Å². The second-order valence-corrected chi connectivity index (χ2v) is 5.78. The molecule has 2 rings (SSSR count). The molecule has 1 saturated heterocycles. The highest BCUT2D eigenvalue weighted by atomic mass is 32.1. The SMILES string of the molecule is Cc1nnsc1C(=O)N1CCC[C@H](N(C)C)CC1. The van der Waals surface area contributed by atoms with Gasteiger partial charge >= 0.3 is 0 Å². The molecule has 0 aromatic carbocycles. The Labute approximate surface area is 112 Å². The second kappa shape index (κ2) is 5.75. The van der Waals surface area contributed by atoms with E-state index in [1.54, 1.807) is 0 Å². The first-order valence-corrected chi connectivity index (χ1v) is 7.11. The zero-order valence-electron chi connectivity index (χ0n) is 11.2. The van der Waals surface area contributed by atoms with Crippen molar-refractivity contribution >= 4 is 17.4 Å². The average molecular weight is 268 g/mol. The third-order valence-electron chi connectivity index (χ3n) is 3.56. The summed E-state index contributed by atoms with van der Waals surface area (Å²) in [5.74, 6) is 0.0990. The summed E-state index contributed by atoms with van der Waals surface area (Å²) in [5, 5.41) is 3.91. The lowest BCUT2D eigenvalue weighted by molar-refractivity contribution is 0.0762. The van der Waals surface area contributed by atoms with Crippen LogP contribution in [0.1, 0.15) is 34.6 Å². The van der Waals surface area contributed by atoms with Crippen molar-refractivity contribution in [3.63, 3.8) is 0 Å². The average Bonchev–Trinajstić information content (AvgIpc) is 2.63. The van der Waals surface area contributed by atoms with Gasteiger partial charge in [-0.1, -0.05) is 4.49 Å². The number of amides is 1. The molecule has 1 aromatic rings. The molecule has 5 nitrogen and oxygen atoms in total. The molecule has 0 aliphatic carbocycles. The summed E-state index contributed by atoms with van der Waals surface area (Å²) < 4.78 is 3.84. The Morgan fingerprint density at radius 1 is 1.39 bits per heavy atom. The summed E-state index contributed by atoms with van der Waals surface area (Å²) in [6, 6.07) is 0.587. The molecule has 1 amide bonds. The number of aryl methyl sites for hydroxylation is 1. The van der Waals surface area contributed by atoms with Gasteiger partial charge in [0.25, 0.3) is 5.91 Å². The van der Waals surface area contributed by atoms with Crippen molar-refractivity contribution in [2.75, 3.05) is 27.2 Å². The van der Waals surface area contributed by atoms with Crippen molar-refractivity contribution < 1.29 is 4.79 Å². The Balaban J connectivity index is 2.02. The standard InChI is InChI=1S/C12H20N4OS/c1-9-11(18-14-13-9)12(17)16-7-4-5-10(6-8-16)15(2)3/h10H,4-8H2,1-3H3/t10-/m0/s1. The maximum Gasteiger partial charge on any atom is 0.267 e. The zero-order chi connectivity index (χ0) is 13.1. The first-order chi connectivity index (χ1) is 8.59. The van der Waals surface area contributed by atoms with Gasteiger partial charge in [0.1, 0.15) is 4.88 Å². The molecule has 1 aliphatic rings. The Kier molecular flexibility index (Phi) is 4.29. The van der Waals surface area contributed by atoms with Gasteiger partial charge in [-0.3, -0.25) is 4.79 Å². The van der Waals surface area contributed by atoms with Crippen LogP contribution in [0.2, 0.25) is 0 Å². The number of nitrogens with zero attached hydrogens (tertiary/aromatic N) is 4. The van der Waals surface area contributed by atoms with Crippen LogP contribution in [0.15, 0.2) is 0 Å². The molecule has 0 saturated carbocycles. The third-order valence-corrected chi connectivity index (χ3v) is 4.38. The first kappa shape index (κ1) is 13.4. The summed E-state index contributed by atoms with van der Waals surface area (Å²) in [5.41, 5.74) is 0.749. The number of rotatable bonds is 2. The lowest BCUT2D eigenvalue weighted by atomic mass is 10.1. The molecule has 1 atom stereocenters. The normalized spacial score (nSPS) is 21.1. The smallest absolute Gasteiger partial charge is 0.267 e. The van der Waals surface area contributed by atoms with Crippen LogP contribution < -0.4 is 0 Å². The van der Waals surface area contributed by atoms with Crippen molar-refractivity contribution in [2.45, 2.75) is 32.2 Å². The van der Waals surface area contributed by atoms with Crippen LogP contribution in [-0.2, 0) is 0 Å². The van der Waals surface area contributed by atoms with E-state index in [2.05, 4.69) is 28.6 Å². The van der Waals surface area contributed by atoms with Crippen LogP contribution >= 0.6 is 11.5 Å². The topological polar surface area (TPSA) is 49.3 Å². The molecule has 1 fully saturated rings. The van der Waals surface area contributed by atoms with Gasteiger partial charge < -0.3 is 9.80 Å². The number of carbonyl (C=O) groups is 1. The predicted molar refractivity (Wildman–Crippen MR) is 71.9 cm³/mol. The molecule has 0 unspecified atom stereocenters. The van der Waals surface area contributed by atoms with Crippen LogP contribution in [-0.4, -0.2) is 58.5 Å². The minimum absolute atomic E-state index is 0.0990. The summed E-state index contributed by atoms with van der Waals surface area (Å²) in [6.45, 7) is 3.52. The van der Waals surface area contributed by atoms with E-state index in [0.717, 1.165) is 38.0 Å². The van der Waals surface area contributed by atoms with Gasteiger partial charge in [-0.25, -0.2) is 0 Å². The molecule has 1 aliphatic heterocycles. The maximum absolute atomic E-state index is 12.4. The highest BCUT2D eigenvalue weighted by molar-refractivity contribution is 7.07. The van der Waals surface area contributed by atoms with E-state index >= 15 is 0 Å². The molecular weight excluding hydrogens is 248 g/mol. The van der Waals surface area contributed by atoms with Crippen LogP contribution in [0.5, 0.6) is 0 Å². The fraction of sp³-hybridized carbons (Fsp3) is 0.750. The molecule has 0 bridgehead atoms. The third kappa shape index (κ3) is 2.87. The molecule has 1 aromatic heterocycles. The van der Waals surface area contributed by atoms with Crippen molar-refractivity contribution in [2.24, 2.45) is 0 Å². The van der Waals surface area contributed by atoms with Gasteiger partial charge in [0.15, 0.2) is 0 Å². The fourth-order valence-electron chi connectivity index (χ4n) is 2.37. The van der Waals surface area contributed by atoms with Gasteiger partial charge in [-0.15, -0.1) is 5.10 Å². The molecule has 0 radical (unpaired) electrons. The van der Waals surface area contributed by atoms with Gasteiger partial charge in [-0.05, 0) is 51.8 Å². The van der Waals surface area contributed by atoms with Crippen LogP contribution in [0.4, 0.5) is 0 Å². The van der Waals surface area contributed by atoms with E-state index in [-0.39, 0.29) is 5.91 Å². The van der Waals surface area contributed by atoms with E-state index in [1.165, 1.54) is 11.5 Å². The largest absolute Gasteiger partial charge is 0.338 e. The molecule has 2 heterocycles. The lowest BCUT2D eigenvalue weighted by Gasteiger charge is -2.23. The Hall–Kier alpha value is -1.01. The summed E-state index contributed by atoms with van der Waals surface area (Å²) in [4.78, 5) is 17.3. The maximum atomic E-state index is 12.4. The number of carbonyl (C=O) groups excluding carboxylic acids is 1. The predicted octanol–water partition coefficient (Wildman–Crippen LogP) is 1.40. The van der Waals surface area contributed by atoms with Gasteiger partial charge in [0, 0.05) is 19.1 Å². The number of likely N-dealkylation sites (tertiary alicyclic amines) is 1. The molecular formula is C12H20N4OS. The molecule has 0 spiro atoms. The minimum Gasteiger partial charge on any atom is -0.338 e. The van der Waals surface area contributed by atoms with Crippen LogP contribution in [0.25, 0.3) is 0 Å². The molecule has 18 heavy (non-hydrogen) atoms. The summed E-state index contributed by atoms with van der Waals surface area (Å²) >= 11 is 1.20. The second-order valence-electron chi connectivity index (χ2n) is 5.03. The monoisotopic (exact) mass is 268 g/mol. The Morgan fingerprint density at radius 3 is 2.78 bits per heavy atom. The van der Waals surface area contributed by atoms with Gasteiger partial charge in [-0.2, -0.15) is 0 Å². The van der Waals surface area contributed by atoms with Crippen molar-refractivity contribution in [1.82, 2.24) is 19.4 Å². The molecule has 6 heteroatoms.